The number of hydrogen-bond acceptors (Lipinski definition) is 2. The van der Waals surface area contributed by atoms with Gasteiger partial charge < -0.3 is 5.32 Å². The van der Waals surface area contributed by atoms with Gasteiger partial charge in [0.05, 0.1) is 6.04 Å². The first-order valence-electron chi connectivity index (χ1n) is 7.98. The van der Waals surface area contributed by atoms with Gasteiger partial charge in [0.1, 0.15) is 0 Å². The molecule has 3 heteroatoms. The Labute approximate surface area is 142 Å². The van der Waals surface area contributed by atoms with Crippen molar-refractivity contribution in [3.63, 3.8) is 0 Å². The lowest BCUT2D eigenvalue weighted by atomic mass is 9.95. The Balaban J connectivity index is 1.96. The number of nitrogens with one attached hydrogen (secondary N) is 1. The van der Waals surface area contributed by atoms with Gasteiger partial charge in [0, 0.05) is 18.0 Å². The van der Waals surface area contributed by atoms with Crippen molar-refractivity contribution >= 4 is 5.91 Å². The van der Waals surface area contributed by atoms with Crippen LogP contribution in [0.2, 0.25) is 0 Å². The molecule has 24 heavy (non-hydrogen) atoms. The van der Waals surface area contributed by atoms with Crippen molar-refractivity contribution in [2.75, 3.05) is 0 Å². The fraction of sp³-hybridized carbons (Fsp3) is 0.143. The Hall–Kier alpha value is -2.94. The molecule has 0 saturated carbocycles. The number of hydrogen-bond donors (Lipinski definition) is 1. The summed E-state index contributed by atoms with van der Waals surface area (Å²) in [5.74, 6) is -0.107. The highest BCUT2D eigenvalue weighted by Gasteiger charge is 2.18. The van der Waals surface area contributed by atoms with Gasteiger partial charge >= 0.3 is 0 Å². The Bertz CT molecular complexity index is 829. The average Bonchev–Trinajstić information content (AvgIpc) is 2.63. The molecule has 0 aliphatic rings. The van der Waals surface area contributed by atoms with Crippen LogP contribution in [0.5, 0.6) is 0 Å². The molecule has 1 aromatic heterocycles. The third-order valence-electron chi connectivity index (χ3n) is 4.22. The first-order chi connectivity index (χ1) is 11.6. The fourth-order valence-corrected chi connectivity index (χ4v) is 2.67. The van der Waals surface area contributed by atoms with E-state index in [1.54, 1.807) is 24.5 Å². The maximum atomic E-state index is 12.6. The quantitative estimate of drug-likeness (QED) is 0.783. The minimum Gasteiger partial charge on any atom is -0.341 e. The zero-order chi connectivity index (χ0) is 16.9. The number of carbonyl (C=O) groups is 1. The number of carbonyl (C=O) groups excluding carboxylic acids is 1. The molecule has 1 heterocycles. The van der Waals surface area contributed by atoms with Crippen molar-refractivity contribution in [3.05, 3.63) is 101 Å². The number of aromatic nitrogens is 1. The van der Waals surface area contributed by atoms with E-state index in [0.717, 1.165) is 11.1 Å². The van der Waals surface area contributed by atoms with Gasteiger partial charge in [0.2, 0.25) is 0 Å². The topological polar surface area (TPSA) is 42.0 Å². The van der Waals surface area contributed by atoms with Crippen LogP contribution in [0.25, 0.3) is 0 Å². The second kappa shape index (κ2) is 7.09. The lowest BCUT2D eigenvalue weighted by Gasteiger charge is -2.21. The maximum Gasteiger partial charge on any atom is 0.252 e. The molecule has 3 rings (SSSR count). The lowest BCUT2D eigenvalue weighted by molar-refractivity contribution is 0.0943. The molecule has 3 aromatic rings. The molecule has 0 aliphatic carbocycles. The Morgan fingerprint density at radius 1 is 0.875 bits per heavy atom. The van der Waals surface area contributed by atoms with Crippen LogP contribution in [-0.2, 0) is 0 Å². The molecular weight excluding hydrogens is 296 g/mol. The summed E-state index contributed by atoms with van der Waals surface area (Å²) >= 11 is 0. The molecular formula is C21H20N2O. The lowest BCUT2D eigenvalue weighted by Crippen LogP contribution is -2.29. The Morgan fingerprint density at radius 3 is 2.25 bits per heavy atom. The minimum atomic E-state index is -0.189. The fourth-order valence-electron chi connectivity index (χ4n) is 2.67. The molecule has 3 nitrogen and oxygen atoms in total. The first kappa shape index (κ1) is 15.9. The van der Waals surface area contributed by atoms with Crippen molar-refractivity contribution < 1.29 is 4.79 Å². The molecule has 0 bridgehead atoms. The molecule has 0 unspecified atom stereocenters. The van der Waals surface area contributed by atoms with Gasteiger partial charge in [-0.15, -0.1) is 0 Å². The van der Waals surface area contributed by atoms with Crippen molar-refractivity contribution in [2.24, 2.45) is 0 Å². The van der Waals surface area contributed by atoms with Gasteiger partial charge in [-0.25, -0.2) is 0 Å². The van der Waals surface area contributed by atoms with Crippen molar-refractivity contribution in [1.29, 1.82) is 0 Å². The van der Waals surface area contributed by atoms with E-state index in [1.807, 2.05) is 30.3 Å². The summed E-state index contributed by atoms with van der Waals surface area (Å²) in [6.45, 7) is 4.18. The van der Waals surface area contributed by atoms with Gasteiger partial charge in [0.25, 0.3) is 5.91 Å². The number of amides is 1. The largest absolute Gasteiger partial charge is 0.341 e. The van der Waals surface area contributed by atoms with Crippen LogP contribution in [0.4, 0.5) is 0 Å². The number of aryl methyl sites for hydroxylation is 2. The van der Waals surface area contributed by atoms with Gasteiger partial charge in [0.15, 0.2) is 0 Å². The second-order valence-electron chi connectivity index (χ2n) is 5.90. The zero-order valence-corrected chi connectivity index (χ0v) is 13.9. The van der Waals surface area contributed by atoms with Gasteiger partial charge in [-0.2, -0.15) is 0 Å². The van der Waals surface area contributed by atoms with Crippen LogP contribution in [0.15, 0.2) is 73.1 Å². The number of pyridine rings is 1. The Morgan fingerprint density at radius 2 is 1.58 bits per heavy atom. The monoisotopic (exact) mass is 316 g/mol. The standard InChI is InChI=1S/C21H20N2O/c1-15-8-9-19(14-16(15)2)20(17-6-4-3-5-7-17)23-21(24)18-10-12-22-13-11-18/h3-14,20H,1-2H3,(H,23,24)/t20-/m0/s1. The van der Waals surface area contributed by atoms with E-state index in [4.69, 9.17) is 0 Å². The summed E-state index contributed by atoms with van der Waals surface area (Å²) in [5, 5.41) is 3.15. The van der Waals surface area contributed by atoms with E-state index in [9.17, 15) is 4.79 Å². The molecule has 0 saturated heterocycles. The molecule has 2 aromatic carbocycles. The summed E-state index contributed by atoms with van der Waals surface area (Å²) in [5.41, 5.74) is 5.20. The summed E-state index contributed by atoms with van der Waals surface area (Å²) in [6.07, 6.45) is 3.25. The molecule has 120 valence electrons. The first-order valence-corrected chi connectivity index (χ1v) is 7.98. The summed E-state index contributed by atoms with van der Waals surface area (Å²) in [4.78, 5) is 16.6. The van der Waals surface area contributed by atoms with Gasteiger partial charge in [-0.05, 0) is 48.2 Å². The van der Waals surface area contributed by atoms with E-state index < -0.39 is 0 Å². The van der Waals surface area contributed by atoms with Crippen molar-refractivity contribution in [3.8, 4) is 0 Å². The summed E-state index contributed by atoms with van der Waals surface area (Å²) in [7, 11) is 0. The molecule has 0 fully saturated rings. The molecule has 0 aliphatic heterocycles. The molecule has 1 N–H and O–H groups in total. The number of rotatable bonds is 4. The zero-order valence-electron chi connectivity index (χ0n) is 13.9. The van der Waals surface area contributed by atoms with Gasteiger partial charge in [-0.1, -0.05) is 48.5 Å². The van der Waals surface area contributed by atoms with E-state index in [-0.39, 0.29) is 11.9 Å². The highest BCUT2D eigenvalue weighted by Crippen LogP contribution is 2.24. The van der Waals surface area contributed by atoms with E-state index in [2.05, 4.69) is 42.3 Å². The van der Waals surface area contributed by atoms with Crippen LogP contribution in [-0.4, -0.2) is 10.9 Å². The SMILES string of the molecule is Cc1ccc([C@@H](NC(=O)c2ccncc2)c2ccccc2)cc1C. The van der Waals surface area contributed by atoms with Crippen molar-refractivity contribution in [1.82, 2.24) is 10.3 Å². The van der Waals surface area contributed by atoms with Gasteiger partial charge in [-0.3, -0.25) is 9.78 Å². The average molecular weight is 316 g/mol. The van der Waals surface area contributed by atoms with E-state index >= 15 is 0 Å². The maximum absolute atomic E-state index is 12.6. The van der Waals surface area contributed by atoms with Crippen molar-refractivity contribution in [2.45, 2.75) is 19.9 Å². The summed E-state index contributed by atoms with van der Waals surface area (Å²) in [6, 6.07) is 19.6. The summed E-state index contributed by atoms with van der Waals surface area (Å²) < 4.78 is 0. The molecule has 1 atom stereocenters. The van der Waals surface area contributed by atoms with E-state index in [1.165, 1.54) is 11.1 Å². The van der Waals surface area contributed by atoms with Crippen LogP contribution in [0, 0.1) is 13.8 Å². The van der Waals surface area contributed by atoms with E-state index in [0.29, 0.717) is 5.56 Å². The molecule has 0 spiro atoms. The smallest absolute Gasteiger partial charge is 0.252 e. The predicted octanol–water partition coefficient (Wildman–Crippen LogP) is 4.22. The highest BCUT2D eigenvalue weighted by molar-refractivity contribution is 5.94. The second-order valence-corrected chi connectivity index (χ2v) is 5.90. The molecule has 1 amide bonds. The highest BCUT2D eigenvalue weighted by atomic mass is 16.1. The Kier molecular flexibility index (Phi) is 4.71. The third kappa shape index (κ3) is 3.51. The van der Waals surface area contributed by atoms with Crippen LogP contribution in [0.1, 0.15) is 38.7 Å². The normalized spacial score (nSPS) is 11.8. The predicted molar refractivity (Wildman–Crippen MR) is 95.9 cm³/mol. The number of nitrogens with zero attached hydrogens (tertiary/aromatic N) is 1. The third-order valence-corrected chi connectivity index (χ3v) is 4.22. The van der Waals surface area contributed by atoms with Crippen LogP contribution >= 0.6 is 0 Å². The van der Waals surface area contributed by atoms with Crippen LogP contribution < -0.4 is 5.32 Å². The number of benzene rings is 2. The molecule has 0 radical (unpaired) electrons. The van der Waals surface area contributed by atoms with Crippen LogP contribution in [0.3, 0.4) is 0 Å². The minimum absolute atomic E-state index is 0.107.